The molecular formula is C6H16ClNRu-4. The first-order valence-electron chi connectivity index (χ1n) is 1.49. The Morgan fingerprint density at radius 1 is 1.22 bits per heavy atom. The van der Waals surface area contributed by atoms with Crippen molar-refractivity contribution < 1.29 is 17.3 Å². The Morgan fingerprint density at radius 2 is 1.33 bits per heavy atom. The summed E-state index contributed by atoms with van der Waals surface area (Å²) in [7, 11) is 4.57. The molecule has 0 bridgehead atoms. The van der Waals surface area contributed by atoms with Crippen molar-refractivity contribution in [2.24, 2.45) is 0 Å². The Hall–Kier alpha value is 0.873. The van der Waals surface area contributed by atoms with Crippen LogP contribution in [0.1, 0.15) is 6.42 Å². The summed E-state index contributed by atoms with van der Waals surface area (Å²) in [4.78, 5) is 0. The summed E-state index contributed by atoms with van der Waals surface area (Å²) in [6.07, 6.45) is 0.736. The van der Waals surface area contributed by atoms with E-state index in [1.54, 1.807) is 0 Å². The van der Waals surface area contributed by atoms with E-state index in [0.717, 1.165) is 6.42 Å². The van der Waals surface area contributed by atoms with Gasteiger partial charge in [0.1, 0.15) is 0 Å². The first-order valence-corrected chi connectivity index (χ1v) is 3.73. The second-order valence-corrected chi connectivity index (χ2v) is 0.604. The van der Waals surface area contributed by atoms with Gasteiger partial charge < -0.3 is 34.9 Å². The Kier molecular flexibility index (Phi) is 242. The van der Waals surface area contributed by atoms with E-state index in [1.165, 1.54) is 0 Å². The topological polar surface area (TPSA) is 23.8 Å². The molecule has 0 aromatic heterocycles. The quantitative estimate of drug-likeness (QED) is 0.495. The molecule has 0 aliphatic rings. The van der Waals surface area contributed by atoms with E-state index in [2.05, 4.69) is 16.6 Å². The SMILES string of the molecule is [CH2-]CC[NH-].[CH3-].[CH3-].[CH3-].[Cl][Ru+]. The first-order chi connectivity index (χ1) is 2.91. The van der Waals surface area contributed by atoms with Crippen molar-refractivity contribution in [2.75, 3.05) is 6.54 Å². The zero-order valence-corrected chi connectivity index (χ0v) is 8.85. The molecule has 0 saturated heterocycles. The van der Waals surface area contributed by atoms with E-state index in [9.17, 15) is 0 Å². The van der Waals surface area contributed by atoms with E-state index < -0.39 is 0 Å². The summed E-state index contributed by atoms with van der Waals surface area (Å²) in [6.45, 7) is 3.88. The Bertz CT molecular complexity index is 15.0. The second-order valence-electron chi connectivity index (χ2n) is 0.604. The maximum absolute atomic E-state index is 6.39. The minimum absolute atomic E-state index is 0. The third-order valence-corrected chi connectivity index (χ3v) is 0.177. The molecule has 1 nitrogen and oxygen atoms in total. The molecule has 0 unspecified atom stereocenters. The van der Waals surface area contributed by atoms with Gasteiger partial charge in [0.2, 0.25) is 0 Å². The molecule has 0 atom stereocenters. The fourth-order valence-electron chi connectivity index (χ4n) is 0. The van der Waals surface area contributed by atoms with Crippen LogP contribution in [0.25, 0.3) is 5.73 Å². The molecule has 0 amide bonds. The van der Waals surface area contributed by atoms with Crippen molar-refractivity contribution in [3.05, 3.63) is 34.9 Å². The van der Waals surface area contributed by atoms with E-state index in [0.29, 0.717) is 6.54 Å². The summed E-state index contributed by atoms with van der Waals surface area (Å²) >= 11 is 1.82. The van der Waals surface area contributed by atoms with Crippen molar-refractivity contribution in [1.82, 2.24) is 0 Å². The number of rotatable bonds is 1. The zero-order chi connectivity index (χ0) is 5.41. The van der Waals surface area contributed by atoms with Gasteiger partial charge in [0, 0.05) is 0 Å². The van der Waals surface area contributed by atoms with Crippen LogP contribution < -0.4 is 0 Å². The van der Waals surface area contributed by atoms with Crippen LogP contribution in [0.3, 0.4) is 0 Å². The molecule has 0 aromatic carbocycles. The van der Waals surface area contributed by atoms with Crippen molar-refractivity contribution in [1.29, 1.82) is 0 Å². The summed E-state index contributed by atoms with van der Waals surface area (Å²) in [6, 6.07) is 0. The minimum atomic E-state index is 0. The normalized spacial score (nSPS) is 4.00. The van der Waals surface area contributed by atoms with E-state index >= 15 is 0 Å². The summed E-state index contributed by atoms with van der Waals surface area (Å²) in [5.41, 5.74) is 6.39. The third kappa shape index (κ3) is 119. The predicted molar refractivity (Wildman–Crippen MR) is 44.3 cm³/mol. The fourth-order valence-corrected chi connectivity index (χ4v) is 0. The molecule has 0 fully saturated rings. The Morgan fingerprint density at radius 3 is 1.33 bits per heavy atom. The van der Waals surface area contributed by atoms with Gasteiger partial charge >= 0.3 is 27.0 Å². The van der Waals surface area contributed by atoms with Crippen molar-refractivity contribution in [2.45, 2.75) is 6.42 Å². The fraction of sp³-hybridized carbons (Fsp3) is 0.333. The van der Waals surface area contributed by atoms with Gasteiger partial charge in [-0.15, -0.1) is 0 Å². The molecule has 0 aliphatic carbocycles. The number of nitrogens with one attached hydrogen (secondary N) is 1. The molecule has 0 aliphatic heterocycles. The summed E-state index contributed by atoms with van der Waals surface area (Å²) < 4.78 is 0. The van der Waals surface area contributed by atoms with Crippen LogP contribution in [0.2, 0.25) is 0 Å². The molecule has 3 heteroatoms. The van der Waals surface area contributed by atoms with Gasteiger partial charge in [0.25, 0.3) is 0 Å². The van der Waals surface area contributed by atoms with Gasteiger partial charge in [0.15, 0.2) is 0 Å². The molecule has 1 N–H and O–H groups in total. The maximum atomic E-state index is 6.39. The van der Waals surface area contributed by atoms with E-state index in [1.807, 2.05) is 17.3 Å². The van der Waals surface area contributed by atoms with Crippen LogP contribution in [0.4, 0.5) is 0 Å². The van der Waals surface area contributed by atoms with Crippen LogP contribution in [0, 0.1) is 29.2 Å². The molecule has 0 spiro atoms. The van der Waals surface area contributed by atoms with E-state index in [-0.39, 0.29) is 22.3 Å². The van der Waals surface area contributed by atoms with Gasteiger partial charge in [-0.1, -0.05) is 0 Å². The average Bonchev–Trinajstić information content (AvgIpc) is 1.72. The van der Waals surface area contributed by atoms with Gasteiger partial charge in [-0.2, -0.15) is 6.54 Å². The first kappa shape index (κ1) is 32.7. The van der Waals surface area contributed by atoms with Crippen molar-refractivity contribution in [3.63, 3.8) is 0 Å². The molecule has 0 rings (SSSR count). The average molecular weight is 239 g/mol. The Balaban J connectivity index is -0.00000000990. The summed E-state index contributed by atoms with van der Waals surface area (Å²) in [5.74, 6) is 0. The van der Waals surface area contributed by atoms with Gasteiger partial charge in [-0.3, -0.25) is 0 Å². The zero-order valence-electron chi connectivity index (χ0n) is 6.35. The predicted octanol–water partition coefficient (Wildman–Crippen LogP) is 3.30. The molecule has 0 radical (unpaired) electrons. The molecule has 0 aromatic rings. The Labute approximate surface area is 75.1 Å². The molecule has 64 valence electrons. The number of hydrogen-bond acceptors (Lipinski definition) is 0. The number of hydrogen-bond donors (Lipinski definition) is 0. The van der Waals surface area contributed by atoms with Crippen LogP contribution in [-0.4, -0.2) is 6.54 Å². The van der Waals surface area contributed by atoms with E-state index in [4.69, 9.17) is 5.73 Å². The monoisotopic (exact) mass is 239 g/mol. The molecular weight excluding hydrogens is 223 g/mol. The standard InChI is InChI=1S/C3H7N.3CH3.ClH.Ru/c1-2-3-4;;;;;/h4H,1-3H2;3*1H3;1H;/q-2;3*-1;;+2/p-1. The van der Waals surface area contributed by atoms with Crippen molar-refractivity contribution in [3.8, 4) is 0 Å². The number of halogens is 1. The third-order valence-electron chi connectivity index (χ3n) is 0.177. The van der Waals surface area contributed by atoms with Crippen LogP contribution in [0.15, 0.2) is 0 Å². The second kappa shape index (κ2) is 66.6. The van der Waals surface area contributed by atoms with Crippen LogP contribution in [-0.2, 0) is 17.3 Å². The van der Waals surface area contributed by atoms with Gasteiger partial charge in [0.05, 0.1) is 0 Å². The van der Waals surface area contributed by atoms with Crippen LogP contribution >= 0.6 is 9.69 Å². The molecule has 9 heavy (non-hydrogen) atoms. The molecule has 0 heterocycles. The van der Waals surface area contributed by atoms with Gasteiger partial charge in [-0.25, -0.2) is 6.42 Å². The van der Waals surface area contributed by atoms with Gasteiger partial charge in [-0.05, 0) is 0 Å². The molecule has 0 saturated carbocycles. The summed E-state index contributed by atoms with van der Waals surface area (Å²) in [5, 5.41) is 0. The van der Waals surface area contributed by atoms with Crippen LogP contribution in [0.5, 0.6) is 0 Å². The van der Waals surface area contributed by atoms with Crippen molar-refractivity contribution >= 4 is 9.69 Å².